The second-order valence-electron chi connectivity index (χ2n) is 11.7. The van der Waals surface area contributed by atoms with Gasteiger partial charge < -0.3 is 4.90 Å². The summed E-state index contributed by atoms with van der Waals surface area (Å²) in [4.78, 5) is 27.9. The minimum absolute atomic E-state index is 0.137. The van der Waals surface area contributed by atoms with Gasteiger partial charge in [0.25, 0.3) is 5.91 Å². The Morgan fingerprint density at radius 1 is 0.943 bits per heavy atom. The van der Waals surface area contributed by atoms with Gasteiger partial charge in [-0.1, -0.05) is 11.6 Å². The lowest BCUT2D eigenvalue weighted by atomic mass is 9.52. The first-order valence-corrected chi connectivity index (χ1v) is 13.4. The molecule has 1 aromatic carbocycles. The molecule has 5 nitrogen and oxygen atoms in total. The number of aryl methyl sites for hydroxylation is 1. The molecular formula is C30H34N4O. The van der Waals surface area contributed by atoms with Crippen LogP contribution >= 0.6 is 0 Å². The van der Waals surface area contributed by atoms with E-state index >= 15 is 0 Å². The molecule has 35 heavy (non-hydrogen) atoms. The van der Waals surface area contributed by atoms with E-state index in [0.29, 0.717) is 5.54 Å². The fraction of sp³-hybridized carbons (Fsp3) is 0.500. The van der Waals surface area contributed by atoms with Crippen molar-refractivity contribution in [3.63, 3.8) is 0 Å². The van der Waals surface area contributed by atoms with Crippen LogP contribution in [0, 0.1) is 24.7 Å². The predicted molar refractivity (Wildman–Crippen MR) is 138 cm³/mol. The van der Waals surface area contributed by atoms with Gasteiger partial charge in [-0.3, -0.25) is 14.7 Å². The number of fused-ring (bicyclic) bond motifs is 1. The second-order valence-corrected chi connectivity index (χ2v) is 11.7. The molecule has 4 aliphatic carbocycles. The Bertz CT molecular complexity index is 1240. The van der Waals surface area contributed by atoms with Crippen molar-refractivity contribution >= 4 is 16.8 Å². The van der Waals surface area contributed by atoms with Crippen LogP contribution in [0.1, 0.15) is 54.4 Å². The first-order chi connectivity index (χ1) is 17.1. The molecule has 5 heteroatoms. The van der Waals surface area contributed by atoms with Crippen LogP contribution in [0.15, 0.2) is 48.8 Å². The molecule has 0 atom stereocenters. The van der Waals surface area contributed by atoms with E-state index in [-0.39, 0.29) is 5.91 Å². The lowest BCUT2D eigenvalue weighted by molar-refractivity contribution is -0.0987. The Labute approximate surface area is 207 Å². The molecule has 4 bridgehead atoms. The van der Waals surface area contributed by atoms with Crippen LogP contribution in [0.3, 0.4) is 0 Å². The van der Waals surface area contributed by atoms with Crippen molar-refractivity contribution < 1.29 is 4.79 Å². The quantitative estimate of drug-likeness (QED) is 0.523. The van der Waals surface area contributed by atoms with Gasteiger partial charge in [-0.15, -0.1) is 0 Å². The Kier molecular flexibility index (Phi) is 4.99. The molecule has 3 heterocycles. The van der Waals surface area contributed by atoms with E-state index in [1.165, 1.54) is 38.5 Å². The SMILES string of the molecule is Cc1ccc2nc(-c3cccnc3)cc(C(=O)N3CCN(C45CC6CC(CC(C6)C4)C5)CC3)c2c1. The van der Waals surface area contributed by atoms with E-state index in [1.807, 2.05) is 30.5 Å². The van der Waals surface area contributed by atoms with Crippen molar-refractivity contribution in [2.45, 2.75) is 51.0 Å². The molecule has 5 aliphatic rings. The van der Waals surface area contributed by atoms with Crippen molar-refractivity contribution in [2.75, 3.05) is 26.2 Å². The molecule has 4 saturated carbocycles. The maximum Gasteiger partial charge on any atom is 0.254 e. The van der Waals surface area contributed by atoms with E-state index in [9.17, 15) is 4.79 Å². The number of hydrogen-bond donors (Lipinski definition) is 0. The molecule has 8 rings (SSSR count). The minimum atomic E-state index is 0.137. The third kappa shape index (κ3) is 3.67. The maximum atomic E-state index is 13.9. The second kappa shape index (κ2) is 8.12. The van der Waals surface area contributed by atoms with Crippen LogP contribution in [0.4, 0.5) is 0 Å². The van der Waals surface area contributed by atoms with Crippen molar-refractivity contribution in [1.29, 1.82) is 0 Å². The molecule has 1 amide bonds. The predicted octanol–water partition coefficient (Wildman–Crippen LogP) is 5.33. The van der Waals surface area contributed by atoms with Crippen LogP contribution in [0.2, 0.25) is 0 Å². The summed E-state index contributed by atoms with van der Waals surface area (Å²) in [5.41, 5.74) is 4.96. The molecule has 5 fully saturated rings. The molecule has 0 radical (unpaired) electrons. The highest BCUT2D eigenvalue weighted by atomic mass is 16.2. The number of piperazine rings is 1. The Hall–Kier alpha value is -2.79. The van der Waals surface area contributed by atoms with Gasteiger partial charge in [0.15, 0.2) is 0 Å². The molecule has 1 saturated heterocycles. The number of pyridine rings is 2. The Morgan fingerprint density at radius 2 is 1.66 bits per heavy atom. The van der Waals surface area contributed by atoms with Crippen LogP contribution in [0.25, 0.3) is 22.2 Å². The zero-order valence-corrected chi connectivity index (χ0v) is 20.6. The largest absolute Gasteiger partial charge is 0.336 e. The zero-order chi connectivity index (χ0) is 23.6. The van der Waals surface area contributed by atoms with Crippen molar-refractivity contribution in [1.82, 2.24) is 19.8 Å². The highest BCUT2D eigenvalue weighted by Crippen LogP contribution is 2.57. The van der Waals surface area contributed by atoms with E-state index in [0.717, 1.165) is 77.2 Å². The lowest BCUT2D eigenvalue weighted by Gasteiger charge is -2.61. The molecule has 0 spiro atoms. The third-order valence-corrected chi connectivity index (χ3v) is 9.40. The van der Waals surface area contributed by atoms with Gasteiger partial charge in [-0.25, -0.2) is 4.98 Å². The highest BCUT2D eigenvalue weighted by molar-refractivity contribution is 6.07. The summed E-state index contributed by atoms with van der Waals surface area (Å²) < 4.78 is 0. The van der Waals surface area contributed by atoms with Crippen LogP contribution < -0.4 is 0 Å². The summed E-state index contributed by atoms with van der Waals surface area (Å²) in [5, 5.41) is 0.950. The van der Waals surface area contributed by atoms with E-state index in [2.05, 4.69) is 33.8 Å². The minimum Gasteiger partial charge on any atom is -0.336 e. The molecule has 1 aliphatic heterocycles. The summed E-state index contributed by atoms with van der Waals surface area (Å²) in [6, 6.07) is 12.1. The topological polar surface area (TPSA) is 49.3 Å². The first-order valence-electron chi connectivity index (χ1n) is 13.4. The van der Waals surface area contributed by atoms with Gasteiger partial charge in [0.05, 0.1) is 16.8 Å². The van der Waals surface area contributed by atoms with Gasteiger partial charge in [0.2, 0.25) is 0 Å². The van der Waals surface area contributed by atoms with Crippen LogP contribution in [-0.4, -0.2) is 57.4 Å². The number of benzene rings is 1. The van der Waals surface area contributed by atoms with E-state index in [4.69, 9.17) is 4.98 Å². The summed E-state index contributed by atoms with van der Waals surface area (Å²) in [6.07, 6.45) is 12.2. The van der Waals surface area contributed by atoms with E-state index < -0.39 is 0 Å². The average molecular weight is 467 g/mol. The number of carbonyl (C=O) groups excluding carboxylic acids is 1. The highest BCUT2D eigenvalue weighted by Gasteiger charge is 2.53. The molecule has 180 valence electrons. The number of nitrogens with zero attached hydrogens (tertiary/aromatic N) is 4. The molecule has 2 aromatic heterocycles. The third-order valence-electron chi connectivity index (χ3n) is 9.40. The Balaban J connectivity index is 1.16. The fourth-order valence-electron chi connectivity index (χ4n) is 8.19. The van der Waals surface area contributed by atoms with Crippen LogP contribution in [-0.2, 0) is 0 Å². The summed E-state index contributed by atoms with van der Waals surface area (Å²) >= 11 is 0. The Morgan fingerprint density at radius 3 is 2.31 bits per heavy atom. The number of carbonyl (C=O) groups is 1. The normalized spacial score (nSPS) is 30.2. The molecule has 0 N–H and O–H groups in total. The van der Waals surface area contributed by atoms with Crippen molar-refractivity contribution in [3.8, 4) is 11.3 Å². The standard InChI is InChI=1S/C30H34N4O/c1-20-4-5-27-25(11-20)26(15-28(32-27)24-3-2-6-31-19-24)29(35)33-7-9-34(10-8-33)30-16-21-12-22(17-30)14-23(13-21)18-30/h2-6,11,15,19,21-23H,7-10,12-14,16-18H2,1H3. The summed E-state index contributed by atoms with van der Waals surface area (Å²) in [5.74, 6) is 3.01. The molecule has 3 aromatic rings. The smallest absolute Gasteiger partial charge is 0.254 e. The van der Waals surface area contributed by atoms with Crippen molar-refractivity contribution in [3.05, 3.63) is 59.9 Å². The maximum absolute atomic E-state index is 13.9. The van der Waals surface area contributed by atoms with Crippen LogP contribution in [0.5, 0.6) is 0 Å². The summed E-state index contributed by atoms with van der Waals surface area (Å²) in [7, 11) is 0. The van der Waals surface area contributed by atoms with E-state index in [1.54, 1.807) is 6.20 Å². The summed E-state index contributed by atoms with van der Waals surface area (Å²) in [6.45, 7) is 5.73. The van der Waals surface area contributed by atoms with Gasteiger partial charge >= 0.3 is 0 Å². The zero-order valence-electron chi connectivity index (χ0n) is 20.6. The number of hydrogen-bond acceptors (Lipinski definition) is 4. The molecule has 0 unspecified atom stereocenters. The van der Waals surface area contributed by atoms with Crippen molar-refractivity contribution in [2.24, 2.45) is 17.8 Å². The van der Waals surface area contributed by atoms with Gasteiger partial charge in [-0.2, -0.15) is 0 Å². The molecular weight excluding hydrogens is 432 g/mol. The average Bonchev–Trinajstić information content (AvgIpc) is 2.87. The van der Waals surface area contributed by atoms with Gasteiger partial charge in [0.1, 0.15) is 0 Å². The number of rotatable bonds is 3. The first kappa shape index (κ1) is 21.5. The number of amides is 1. The monoisotopic (exact) mass is 466 g/mol. The lowest BCUT2D eigenvalue weighted by Crippen LogP contribution is -2.64. The fourth-order valence-corrected chi connectivity index (χ4v) is 8.19. The van der Waals surface area contributed by atoms with Gasteiger partial charge in [0, 0.05) is 55.1 Å². The number of aromatic nitrogens is 2. The van der Waals surface area contributed by atoms with Gasteiger partial charge in [-0.05, 0) is 93.5 Å².